The van der Waals surface area contributed by atoms with Gasteiger partial charge in [0.05, 0.1) is 11.0 Å². The largest absolute Gasteiger partial charge is 0.392 e. The number of rotatable bonds is 2. The summed E-state index contributed by atoms with van der Waals surface area (Å²) in [5.41, 5.74) is 0.352. The minimum Gasteiger partial charge on any atom is -0.392 e. The predicted molar refractivity (Wildman–Crippen MR) is 61.0 cm³/mol. The zero-order valence-corrected chi connectivity index (χ0v) is 9.66. The highest BCUT2D eigenvalue weighted by Crippen LogP contribution is 2.12. The Labute approximate surface area is 95.2 Å². The van der Waals surface area contributed by atoms with Gasteiger partial charge in [0.2, 0.25) is 10.0 Å². The van der Waals surface area contributed by atoms with Crippen LogP contribution in [-0.4, -0.2) is 19.6 Å². The van der Waals surface area contributed by atoms with Gasteiger partial charge in [-0.2, -0.15) is 0 Å². The Balaban J connectivity index is 3.09. The Morgan fingerprint density at radius 1 is 1.44 bits per heavy atom. The molecule has 0 saturated heterocycles. The first-order valence-electron chi connectivity index (χ1n) is 4.70. The molecule has 86 valence electrons. The second-order valence-electron chi connectivity index (χ2n) is 3.40. The highest BCUT2D eigenvalue weighted by atomic mass is 32.2. The number of benzene rings is 1. The fraction of sp³-hybridized carbons (Fsp3) is 0.273. The van der Waals surface area contributed by atoms with Gasteiger partial charge in [0.25, 0.3) is 0 Å². The van der Waals surface area contributed by atoms with Crippen LogP contribution in [0.25, 0.3) is 0 Å². The molecule has 0 aliphatic rings. The Hall–Kier alpha value is -1.35. The van der Waals surface area contributed by atoms with Crippen molar-refractivity contribution in [3.8, 4) is 11.8 Å². The number of aliphatic hydroxyl groups excluding tert-OH is 1. The normalized spacial score (nSPS) is 12.7. The summed E-state index contributed by atoms with van der Waals surface area (Å²) in [6.45, 7) is 1.61. The molecule has 5 heteroatoms. The maximum atomic E-state index is 11.2. The molecule has 0 fully saturated rings. The molecule has 0 spiro atoms. The molecule has 0 heterocycles. The van der Waals surface area contributed by atoms with Crippen LogP contribution in [0.4, 0.5) is 0 Å². The lowest BCUT2D eigenvalue weighted by Crippen LogP contribution is -2.13. The van der Waals surface area contributed by atoms with Gasteiger partial charge in [-0.05, 0) is 19.1 Å². The van der Waals surface area contributed by atoms with Crippen LogP contribution < -0.4 is 5.14 Å². The van der Waals surface area contributed by atoms with Crippen molar-refractivity contribution in [2.24, 2.45) is 5.14 Å². The highest BCUT2D eigenvalue weighted by molar-refractivity contribution is 7.89. The Kier molecular flexibility index (Phi) is 4.07. The van der Waals surface area contributed by atoms with Gasteiger partial charge in [-0.15, -0.1) is 0 Å². The molecule has 0 aliphatic heterocycles. The van der Waals surface area contributed by atoms with Gasteiger partial charge in [-0.25, -0.2) is 13.6 Å². The molecule has 1 aromatic rings. The van der Waals surface area contributed by atoms with Gasteiger partial charge in [0.15, 0.2) is 0 Å². The number of nitrogens with two attached hydrogens (primary N) is 1. The monoisotopic (exact) mass is 239 g/mol. The quantitative estimate of drug-likeness (QED) is 0.736. The molecule has 0 bridgehead atoms. The number of hydrogen-bond donors (Lipinski definition) is 2. The smallest absolute Gasteiger partial charge is 0.239 e. The van der Waals surface area contributed by atoms with E-state index in [2.05, 4.69) is 11.8 Å². The van der Waals surface area contributed by atoms with E-state index in [1.807, 2.05) is 0 Å². The average molecular weight is 239 g/mol. The summed E-state index contributed by atoms with van der Waals surface area (Å²) in [6.07, 6.45) is -0.243. The minimum atomic E-state index is -3.75. The summed E-state index contributed by atoms with van der Waals surface area (Å²) in [5, 5.41) is 14.1. The van der Waals surface area contributed by atoms with E-state index in [1.54, 1.807) is 25.1 Å². The van der Waals surface area contributed by atoms with Gasteiger partial charge in [0.1, 0.15) is 0 Å². The lowest BCUT2D eigenvalue weighted by Gasteiger charge is -2.00. The van der Waals surface area contributed by atoms with E-state index in [-0.39, 0.29) is 4.90 Å². The van der Waals surface area contributed by atoms with Crippen LogP contribution in [0.1, 0.15) is 18.9 Å². The van der Waals surface area contributed by atoms with Crippen molar-refractivity contribution in [3.05, 3.63) is 29.8 Å². The molecule has 4 nitrogen and oxygen atoms in total. The van der Waals surface area contributed by atoms with Crippen molar-refractivity contribution in [2.45, 2.75) is 24.3 Å². The molecule has 0 aromatic heterocycles. The molecule has 1 atom stereocenters. The van der Waals surface area contributed by atoms with E-state index in [0.717, 1.165) is 0 Å². The first kappa shape index (κ1) is 12.7. The number of hydrogen-bond acceptors (Lipinski definition) is 3. The summed E-state index contributed by atoms with van der Waals surface area (Å²) in [5.74, 6) is 5.38. The van der Waals surface area contributed by atoms with E-state index < -0.39 is 16.1 Å². The molecule has 0 amide bonds. The van der Waals surface area contributed by atoms with Crippen molar-refractivity contribution in [3.63, 3.8) is 0 Å². The van der Waals surface area contributed by atoms with Crippen molar-refractivity contribution in [1.82, 2.24) is 0 Å². The van der Waals surface area contributed by atoms with Crippen LogP contribution in [-0.2, 0) is 10.0 Å². The number of primary sulfonamides is 1. The van der Waals surface area contributed by atoms with E-state index in [0.29, 0.717) is 12.0 Å². The van der Waals surface area contributed by atoms with Crippen molar-refractivity contribution in [1.29, 1.82) is 0 Å². The lowest BCUT2D eigenvalue weighted by atomic mass is 10.2. The minimum absolute atomic E-state index is 0.00749. The molecular weight excluding hydrogens is 226 g/mol. The molecule has 16 heavy (non-hydrogen) atoms. The Bertz CT molecular complexity index is 524. The van der Waals surface area contributed by atoms with E-state index in [4.69, 9.17) is 10.2 Å². The van der Waals surface area contributed by atoms with E-state index >= 15 is 0 Å². The zero-order valence-electron chi connectivity index (χ0n) is 8.84. The standard InChI is InChI=1S/C11H13NO3S/c1-9(13)5-4-7-10-6-2-3-8-11(10)16(12,14)15/h2-3,6,8-9,13H,5H2,1H3,(H2,12,14,15). The van der Waals surface area contributed by atoms with Crippen LogP contribution in [0.3, 0.4) is 0 Å². The summed E-state index contributed by atoms with van der Waals surface area (Å²) in [4.78, 5) is 0.00749. The summed E-state index contributed by atoms with van der Waals surface area (Å²) < 4.78 is 22.4. The fourth-order valence-electron chi connectivity index (χ4n) is 1.11. The molecular formula is C11H13NO3S. The predicted octanol–water partition coefficient (Wildman–Crippen LogP) is 0.456. The molecule has 0 aliphatic carbocycles. The van der Waals surface area contributed by atoms with Gasteiger partial charge in [-0.1, -0.05) is 24.0 Å². The summed E-state index contributed by atoms with van der Waals surface area (Å²) in [7, 11) is -3.75. The zero-order chi connectivity index (χ0) is 12.2. The van der Waals surface area contributed by atoms with Gasteiger partial charge < -0.3 is 5.11 Å². The van der Waals surface area contributed by atoms with Crippen molar-refractivity contribution >= 4 is 10.0 Å². The van der Waals surface area contributed by atoms with Gasteiger partial charge >= 0.3 is 0 Å². The number of aliphatic hydroxyl groups is 1. The number of sulfonamides is 1. The Morgan fingerprint density at radius 2 is 2.06 bits per heavy atom. The third kappa shape index (κ3) is 3.66. The Morgan fingerprint density at radius 3 is 2.62 bits per heavy atom. The summed E-state index contributed by atoms with van der Waals surface area (Å²) in [6, 6.07) is 6.25. The second-order valence-corrected chi connectivity index (χ2v) is 4.93. The van der Waals surface area contributed by atoms with Crippen LogP contribution in [0, 0.1) is 11.8 Å². The maximum absolute atomic E-state index is 11.2. The second kappa shape index (κ2) is 5.12. The third-order valence-electron chi connectivity index (χ3n) is 1.81. The molecule has 3 N–H and O–H groups in total. The third-order valence-corrected chi connectivity index (χ3v) is 2.78. The molecule has 1 unspecified atom stereocenters. The van der Waals surface area contributed by atoms with Crippen LogP contribution in [0.5, 0.6) is 0 Å². The first-order valence-corrected chi connectivity index (χ1v) is 6.24. The molecule has 0 radical (unpaired) electrons. The van der Waals surface area contributed by atoms with Crippen LogP contribution in [0.15, 0.2) is 29.2 Å². The van der Waals surface area contributed by atoms with Gasteiger partial charge in [-0.3, -0.25) is 0 Å². The van der Waals surface area contributed by atoms with E-state index in [1.165, 1.54) is 6.07 Å². The van der Waals surface area contributed by atoms with Gasteiger partial charge in [0, 0.05) is 12.0 Å². The fourth-order valence-corrected chi connectivity index (χ4v) is 1.81. The summed E-state index contributed by atoms with van der Waals surface area (Å²) >= 11 is 0. The maximum Gasteiger partial charge on any atom is 0.239 e. The average Bonchev–Trinajstić information content (AvgIpc) is 2.16. The lowest BCUT2D eigenvalue weighted by molar-refractivity contribution is 0.201. The molecule has 0 saturated carbocycles. The molecule has 1 rings (SSSR count). The van der Waals surface area contributed by atoms with Crippen molar-refractivity contribution < 1.29 is 13.5 Å². The van der Waals surface area contributed by atoms with Crippen LogP contribution >= 0.6 is 0 Å². The highest BCUT2D eigenvalue weighted by Gasteiger charge is 2.10. The SMILES string of the molecule is CC(O)CC#Cc1ccccc1S(N)(=O)=O. The topological polar surface area (TPSA) is 80.4 Å². The van der Waals surface area contributed by atoms with Crippen molar-refractivity contribution in [2.75, 3.05) is 0 Å². The first-order chi connectivity index (χ1) is 7.41. The van der Waals surface area contributed by atoms with E-state index in [9.17, 15) is 8.42 Å². The van der Waals surface area contributed by atoms with Crippen LogP contribution in [0.2, 0.25) is 0 Å². The molecule has 1 aromatic carbocycles.